The van der Waals surface area contributed by atoms with E-state index in [4.69, 9.17) is 0 Å². The molecule has 28 heavy (non-hydrogen) atoms. The molecule has 0 radical (unpaired) electrons. The van der Waals surface area contributed by atoms with E-state index in [1.165, 1.54) is 0 Å². The van der Waals surface area contributed by atoms with Crippen LogP contribution in [0, 0.1) is 23.7 Å². The molecule has 0 aliphatic rings. The van der Waals surface area contributed by atoms with Crippen LogP contribution < -0.4 is 10.6 Å². The molecule has 0 heterocycles. The molecule has 5 nitrogen and oxygen atoms in total. The molecule has 4 unspecified atom stereocenters. The summed E-state index contributed by atoms with van der Waals surface area (Å²) in [6.07, 6.45) is 4.86. The van der Waals surface area contributed by atoms with E-state index in [0.717, 1.165) is 25.7 Å². The molecule has 0 aliphatic carbocycles. The second kappa shape index (κ2) is 13.7. The zero-order valence-electron chi connectivity index (χ0n) is 19.4. The fourth-order valence-electron chi connectivity index (χ4n) is 3.25. The first-order valence-electron chi connectivity index (χ1n) is 11.2. The lowest BCUT2D eigenvalue weighted by Crippen LogP contribution is -2.54. The maximum Gasteiger partial charge on any atom is 0.243 e. The lowest BCUT2D eigenvalue weighted by atomic mass is 9.84. The van der Waals surface area contributed by atoms with Crippen molar-refractivity contribution in [1.82, 2.24) is 10.6 Å². The van der Waals surface area contributed by atoms with Crippen molar-refractivity contribution in [3.05, 3.63) is 0 Å². The van der Waals surface area contributed by atoms with Crippen molar-refractivity contribution in [2.75, 3.05) is 0 Å². The van der Waals surface area contributed by atoms with Crippen LogP contribution in [0.5, 0.6) is 0 Å². The largest absolute Gasteiger partial charge is 0.344 e. The van der Waals surface area contributed by atoms with Crippen molar-refractivity contribution < 1.29 is 14.4 Å². The molecule has 0 saturated heterocycles. The highest BCUT2D eigenvalue weighted by atomic mass is 16.2. The van der Waals surface area contributed by atoms with E-state index in [1.807, 2.05) is 20.8 Å². The molecule has 5 heteroatoms. The minimum atomic E-state index is -0.615. The average molecular weight is 397 g/mol. The molecule has 164 valence electrons. The van der Waals surface area contributed by atoms with Crippen LogP contribution in [-0.2, 0) is 14.4 Å². The number of nitrogens with one attached hydrogen (secondary N) is 2. The topological polar surface area (TPSA) is 75.3 Å². The van der Waals surface area contributed by atoms with Gasteiger partial charge in [-0.3, -0.25) is 14.4 Å². The Balaban J connectivity index is 5.16. The van der Waals surface area contributed by atoms with Crippen molar-refractivity contribution >= 4 is 17.6 Å². The van der Waals surface area contributed by atoms with Crippen LogP contribution >= 0.6 is 0 Å². The minimum Gasteiger partial charge on any atom is -0.344 e. The number of hydrogen-bond donors (Lipinski definition) is 2. The van der Waals surface area contributed by atoms with Crippen LogP contribution in [-0.4, -0.2) is 29.7 Å². The summed E-state index contributed by atoms with van der Waals surface area (Å²) in [6.45, 7) is 16.1. The first-order chi connectivity index (χ1) is 13.0. The van der Waals surface area contributed by atoms with Gasteiger partial charge >= 0.3 is 0 Å². The van der Waals surface area contributed by atoms with Crippen LogP contribution in [0.25, 0.3) is 0 Å². The van der Waals surface area contributed by atoms with Gasteiger partial charge < -0.3 is 10.6 Å². The average Bonchev–Trinajstić information content (AvgIpc) is 2.63. The highest BCUT2D eigenvalue weighted by Gasteiger charge is 2.32. The maximum absolute atomic E-state index is 13.0. The number of hydrogen-bond acceptors (Lipinski definition) is 3. The fourth-order valence-corrected chi connectivity index (χ4v) is 3.25. The zero-order valence-corrected chi connectivity index (χ0v) is 19.4. The quantitative estimate of drug-likeness (QED) is 0.425. The number of Topliss-reactive ketones (excluding diaryl/α,β-unsaturated/α-hetero) is 1. The highest BCUT2D eigenvalue weighted by Crippen LogP contribution is 2.20. The number of amides is 2. The van der Waals surface area contributed by atoms with Gasteiger partial charge in [-0.2, -0.15) is 0 Å². The smallest absolute Gasteiger partial charge is 0.243 e. The van der Waals surface area contributed by atoms with Gasteiger partial charge in [0.05, 0.1) is 6.04 Å². The predicted octanol–water partition coefficient (Wildman–Crippen LogP) is 4.49. The minimum absolute atomic E-state index is 0.0445. The van der Waals surface area contributed by atoms with E-state index < -0.39 is 12.1 Å². The third-order valence-electron chi connectivity index (χ3n) is 5.59. The van der Waals surface area contributed by atoms with Gasteiger partial charge in [-0.15, -0.1) is 0 Å². The van der Waals surface area contributed by atoms with Gasteiger partial charge in [-0.25, -0.2) is 0 Å². The first kappa shape index (κ1) is 26.6. The normalized spacial score (nSPS) is 15.8. The Hall–Kier alpha value is -1.39. The summed E-state index contributed by atoms with van der Waals surface area (Å²) in [5.74, 6) is 0.161. The predicted molar refractivity (Wildman–Crippen MR) is 116 cm³/mol. The summed E-state index contributed by atoms with van der Waals surface area (Å²) in [5.41, 5.74) is 0. The van der Waals surface area contributed by atoms with Gasteiger partial charge in [0, 0.05) is 12.3 Å². The molecule has 0 aromatic carbocycles. The summed E-state index contributed by atoms with van der Waals surface area (Å²) in [7, 11) is 0. The summed E-state index contributed by atoms with van der Waals surface area (Å²) in [5, 5.41) is 5.83. The van der Waals surface area contributed by atoms with Crippen molar-refractivity contribution in [2.24, 2.45) is 23.7 Å². The SMILES string of the molecule is CCCCCC(=O)NC(C(=O)NC(CC(C)C)C(=O)C(C)C(C)CC)C(C)C. The molecule has 0 aliphatic heterocycles. The summed E-state index contributed by atoms with van der Waals surface area (Å²) in [4.78, 5) is 38.1. The van der Waals surface area contributed by atoms with E-state index in [9.17, 15) is 14.4 Å². The summed E-state index contributed by atoms with van der Waals surface area (Å²) in [6, 6.07) is -1.12. The van der Waals surface area contributed by atoms with Crippen LogP contribution in [0.15, 0.2) is 0 Å². The number of rotatable bonds is 14. The van der Waals surface area contributed by atoms with Gasteiger partial charge in [0.25, 0.3) is 0 Å². The van der Waals surface area contributed by atoms with Crippen LogP contribution in [0.2, 0.25) is 0 Å². The van der Waals surface area contributed by atoms with Crippen molar-refractivity contribution in [1.29, 1.82) is 0 Å². The third kappa shape index (κ3) is 9.70. The first-order valence-corrected chi connectivity index (χ1v) is 11.2. The van der Waals surface area contributed by atoms with Gasteiger partial charge in [-0.1, -0.05) is 74.7 Å². The van der Waals surface area contributed by atoms with Gasteiger partial charge in [0.2, 0.25) is 11.8 Å². The fraction of sp³-hybridized carbons (Fsp3) is 0.870. The Morgan fingerprint density at radius 1 is 0.857 bits per heavy atom. The molecule has 0 bridgehead atoms. The van der Waals surface area contributed by atoms with E-state index in [0.29, 0.717) is 18.8 Å². The summed E-state index contributed by atoms with van der Waals surface area (Å²) >= 11 is 0. The molecule has 0 rings (SSSR count). The van der Waals surface area contributed by atoms with Crippen molar-refractivity contribution in [3.8, 4) is 0 Å². The van der Waals surface area contributed by atoms with Crippen LogP contribution in [0.4, 0.5) is 0 Å². The lowest BCUT2D eigenvalue weighted by Gasteiger charge is -2.28. The monoisotopic (exact) mass is 396 g/mol. The molecular weight excluding hydrogens is 352 g/mol. The number of carbonyl (C=O) groups excluding carboxylic acids is 3. The standard InChI is InChI=1S/C23H44N2O3/c1-9-11-12-13-20(26)25-21(16(5)6)23(28)24-19(14-15(3)4)22(27)18(8)17(7)10-2/h15-19,21H,9-14H2,1-8H3,(H,24,28)(H,25,26). The van der Waals surface area contributed by atoms with E-state index in [2.05, 4.69) is 45.3 Å². The Labute approximate surface area is 172 Å². The van der Waals surface area contributed by atoms with Crippen molar-refractivity contribution in [3.63, 3.8) is 0 Å². The molecule has 0 fully saturated rings. The van der Waals surface area contributed by atoms with E-state index in [-0.39, 0.29) is 35.4 Å². The number of carbonyl (C=O) groups is 3. The molecule has 0 spiro atoms. The van der Waals surface area contributed by atoms with Crippen molar-refractivity contribution in [2.45, 2.75) is 106 Å². The third-order valence-corrected chi connectivity index (χ3v) is 5.59. The molecule has 0 saturated carbocycles. The number of ketones is 1. The highest BCUT2D eigenvalue weighted by molar-refractivity contribution is 5.93. The molecule has 0 aromatic rings. The zero-order chi connectivity index (χ0) is 21.9. The molecular formula is C23H44N2O3. The molecule has 2 amide bonds. The second-order valence-electron chi connectivity index (χ2n) is 9.01. The number of unbranched alkanes of at least 4 members (excludes halogenated alkanes) is 2. The molecule has 2 N–H and O–H groups in total. The maximum atomic E-state index is 13.0. The molecule has 0 aromatic heterocycles. The van der Waals surface area contributed by atoms with E-state index >= 15 is 0 Å². The Bertz CT molecular complexity index is 488. The van der Waals surface area contributed by atoms with Crippen LogP contribution in [0.1, 0.15) is 93.9 Å². The summed E-state index contributed by atoms with van der Waals surface area (Å²) < 4.78 is 0. The van der Waals surface area contributed by atoms with Gasteiger partial charge in [0.1, 0.15) is 6.04 Å². The van der Waals surface area contributed by atoms with Gasteiger partial charge in [-0.05, 0) is 30.6 Å². The van der Waals surface area contributed by atoms with Crippen LogP contribution in [0.3, 0.4) is 0 Å². The Kier molecular flexibility index (Phi) is 13.0. The van der Waals surface area contributed by atoms with E-state index in [1.54, 1.807) is 0 Å². The lowest BCUT2D eigenvalue weighted by molar-refractivity contribution is -0.134. The van der Waals surface area contributed by atoms with Gasteiger partial charge in [0.15, 0.2) is 5.78 Å². The second-order valence-corrected chi connectivity index (χ2v) is 9.01. The Morgan fingerprint density at radius 2 is 1.46 bits per heavy atom. The molecule has 4 atom stereocenters. The Morgan fingerprint density at radius 3 is 1.93 bits per heavy atom.